The Morgan fingerprint density at radius 1 is 1.00 bits per heavy atom. The molecule has 0 spiro atoms. The lowest BCUT2D eigenvalue weighted by Gasteiger charge is -2.16. The van der Waals surface area contributed by atoms with Crippen molar-refractivity contribution < 1.29 is 33.0 Å². The molecule has 186 valence electrons. The second kappa shape index (κ2) is 9.64. The summed E-state index contributed by atoms with van der Waals surface area (Å²) < 4.78 is 33.7. The van der Waals surface area contributed by atoms with E-state index >= 15 is 0 Å². The predicted octanol–water partition coefficient (Wildman–Crippen LogP) is 3.88. The van der Waals surface area contributed by atoms with Crippen LogP contribution in [0.15, 0.2) is 48.5 Å². The van der Waals surface area contributed by atoms with Crippen molar-refractivity contribution in [3.63, 3.8) is 0 Å². The number of benzene rings is 2. The molecule has 3 N–H and O–H groups in total. The van der Waals surface area contributed by atoms with E-state index in [1.54, 1.807) is 13.8 Å². The second-order valence-electron chi connectivity index (χ2n) is 9.40. The average Bonchev–Trinajstić information content (AvgIpc) is 3.22. The minimum Gasteiger partial charge on any atom is -0.481 e. The van der Waals surface area contributed by atoms with Crippen molar-refractivity contribution in [1.29, 1.82) is 0 Å². The van der Waals surface area contributed by atoms with E-state index in [0.717, 1.165) is 22.3 Å². The number of carboxylic acid groups (broad SMARTS) is 1. The zero-order valence-electron chi connectivity index (χ0n) is 19.5. The van der Waals surface area contributed by atoms with Crippen LogP contribution in [-0.4, -0.2) is 48.7 Å². The number of alkyl halides is 2. The Hall–Kier alpha value is -3.49. The number of carboxylic acids is 1. The molecule has 3 atom stereocenters. The van der Waals surface area contributed by atoms with Crippen LogP contribution in [0, 0.1) is 23.7 Å². The smallest absolute Gasteiger partial charge is 0.407 e. The first kappa shape index (κ1) is 24.6. The van der Waals surface area contributed by atoms with Gasteiger partial charge in [0.05, 0.1) is 11.8 Å². The summed E-state index contributed by atoms with van der Waals surface area (Å²) in [6, 6.07) is 15.7. The number of rotatable bonds is 9. The Morgan fingerprint density at radius 2 is 1.57 bits per heavy atom. The van der Waals surface area contributed by atoms with Crippen LogP contribution in [-0.2, 0) is 14.3 Å². The number of fused-ring (bicyclic) bond motifs is 3. The molecule has 0 heterocycles. The molecule has 4 rings (SSSR count). The van der Waals surface area contributed by atoms with Crippen LogP contribution in [0.5, 0.6) is 0 Å². The number of hydrogen-bond donors (Lipinski definition) is 3. The molecule has 1 saturated carbocycles. The Labute approximate surface area is 201 Å². The summed E-state index contributed by atoms with van der Waals surface area (Å²) in [7, 11) is 0. The molecule has 0 saturated heterocycles. The van der Waals surface area contributed by atoms with Gasteiger partial charge in [-0.15, -0.1) is 0 Å². The quantitative estimate of drug-likeness (QED) is 0.499. The Bertz CT molecular complexity index is 1090. The lowest BCUT2D eigenvalue weighted by Crippen LogP contribution is -2.37. The van der Waals surface area contributed by atoms with Crippen molar-refractivity contribution in [2.45, 2.75) is 25.7 Å². The molecule has 1 fully saturated rings. The van der Waals surface area contributed by atoms with Gasteiger partial charge in [0.2, 0.25) is 5.91 Å². The van der Waals surface area contributed by atoms with Crippen molar-refractivity contribution in [3.8, 4) is 11.1 Å². The zero-order chi connectivity index (χ0) is 25.3. The molecule has 0 radical (unpaired) electrons. The van der Waals surface area contributed by atoms with Crippen LogP contribution < -0.4 is 10.6 Å². The standard InChI is InChI=1S/C26H28F2N2O5/c1-14(2)19(24(32)33)11-29-23(31)22-21(26(22,27)28)12-30-25(34)35-13-20-17-9-5-3-7-15(17)16-8-4-6-10-18(16)20/h3-10,14,19-22H,11-13H2,1-2H3,(H,29,31)(H,30,34)(H,32,33)/t19?,21-,22-/m0/s1. The highest BCUT2D eigenvalue weighted by atomic mass is 19.3. The molecule has 1 unspecified atom stereocenters. The van der Waals surface area contributed by atoms with Gasteiger partial charge < -0.3 is 20.5 Å². The number of aliphatic carboxylic acids is 1. The van der Waals surface area contributed by atoms with Crippen LogP contribution in [0.3, 0.4) is 0 Å². The average molecular weight is 487 g/mol. The largest absolute Gasteiger partial charge is 0.481 e. The molecule has 7 nitrogen and oxygen atoms in total. The number of amides is 2. The number of nitrogens with one attached hydrogen (secondary N) is 2. The van der Waals surface area contributed by atoms with E-state index in [-0.39, 0.29) is 25.0 Å². The fraction of sp³-hybridized carbons (Fsp3) is 0.423. The number of carbonyl (C=O) groups is 3. The van der Waals surface area contributed by atoms with Gasteiger partial charge >= 0.3 is 12.1 Å². The molecule has 0 aromatic heterocycles. The number of ether oxygens (including phenoxy) is 1. The van der Waals surface area contributed by atoms with Gasteiger partial charge in [0.25, 0.3) is 5.92 Å². The normalized spacial score (nSPS) is 20.5. The summed E-state index contributed by atoms with van der Waals surface area (Å²) in [6.45, 7) is 2.76. The molecule has 2 aromatic rings. The molecule has 0 bridgehead atoms. The predicted molar refractivity (Wildman–Crippen MR) is 124 cm³/mol. The minimum absolute atomic E-state index is 0.0522. The highest BCUT2D eigenvalue weighted by Gasteiger charge is 2.71. The number of halogens is 2. The number of carbonyl (C=O) groups excluding carboxylic acids is 2. The van der Waals surface area contributed by atoms with Gasteiger partial charge in [0.15, 0.2) is 0 Å². The highest BCUT2D eigenvalue weighted by Crippen LogP contribution is 2.55. The molecule has 35 heavy (non-hydrogen) atoms. The fourth-order valence-electron chi connectivity index (χ4n) is 4.77. The molecule has 2 aliphatic rings. The Kier molecular flexibility index (Phi) is 6.78. The van der Waals surface area contributed by atoms with E-state index in [2.05, 4.69) is 10.6 Å². The first-order valence-electron chi connectivity index (χ1n) is 11.6. The van der Waals surface area contributed by atoms with Crippen molar-refractivity contribution in [2.24, 2.45) is 23.7 Å². The number of alkyl carbamates (subject to hydrolysis) is 1. The molecular formula is C26H28F2N2O5. The second-order valence-corrected chi connectivity index (χ2v) is 9.40. The van der Waals surface area contributed by atoms with Crippen LogP contribution >= 0.6 is 0 Å². The van der Waals surface area contributed by atoms with Gasteiger partial charge in [-0.05, 0) is 28.2 Å². The van der Waals surface area contributed by atoms with Crippen molar-refractivity contribution in [1.82, 2.24) is 10.6 Å². The molecule has 2 amide bonds. The summed E-state index contributed by atoms with van der Waals surface area (Å²) in [4.78, 5) is 35.7. The van der Waals surface area contributed by atoms with Crippen molar-refractivity contribution in [2.75, 3.05) is 19.7 Å². The van der Waals surface area contributed by atoms with E-state index in [9.17, 15) is 28.3 Å². The first-order valence-corrected chi connectivity index (χ1v) is 11.6. The third-order valence-corrected chi connectivity index (χ3v) is 6.91. The van der Waals surface area contributed by atoms with Gasteiger partial charge in [-0.3, -0.25) is 9.59 Å². The summed E-state index contributed by atoms with van der Waals surface area (Å²) in [5.74, 6) is -9.57. The maximum absolute atomic E-state index is 14.2. The molecule has 2 aromatic carbocycles. The molecule has 9 heteroatoms. The lowest BCUT2D eigenvalue weighted by molar-refractivity contribution is -0.143. The van der Waals surface area contributed by atoms with Crippen molar-refractivity contribution >= 4 is 18.0 Å². The fourth-order valence-corrected chi connectivity index (χ4v) is 4.77. The van der Waals surface area contributed by atoms with E-state index < -0.39 is 48.2 Å². The Morgan fingerprint density at radius 3 is 2.11 bits per heavy atom. The highest BCUT2D eigenvalue weighted by molar-refractivity contribution is 5.84. The van der Waals surface area contributed by atoms with Gasteiger partial charge in [-0.25, -0.2) is 13.6 Å². The molecular weight excluding hydrogens is 458 g/mol. The van der Waals surface area contributed by atoms with Gasteiger partial charge in [0.1, 0.15) is 12.5 Å². The summed E-state index contributed by atoms with van der Waals surface area (Å²) in [5.41, 5.74) is 4.22. The SMILES string of the molecule is CC(C)C(CNC(=O)[C@@H]1[C@H](CNC(=O)OCC2c3ccccc3-c3ccccc32)C1(F)F)C(=O)O. The van der Waals surface area contributed by atoms with E-state index in [1.807, 2.05) is 48.5 Å². The van der Waals surface area contributed by atoms with Crippen LogP contribution in [0.2, 0.25) is 0 Å². The zero-order valence-corrected chi connectivity index (χ0v) is 19.5. The number of hydrogen-bond acceptors (Lipinski definition) is 4. The van der Waals surface area contributed by atoms with Crippen LogP contribution in [0.25, 0.3) is 11.1 Å². The minimum atomic E-state index is -3.28. The van der Waals surface area contributed by atoms with Crippen LogP contribution in [0.1, 0.15) is 30.9 Å². The molecule has 0 aliphatic heterocycles. The van der Waals surface area contributed by atoms with E-state index in [0.29, 0.717) is 0 Å². The van der Waals surface area contributed by atoms with Gasteiger partial charge in [0, 0.05) is 19.0 Å². The monoisotopic (exact) mass is 486 g/mol. The van der Waals surface area contributed by atoms with Crippen LogP contribution in [0.4, 0.5) is 13.6 Å². The van der Waals surface area contributed by atoms with E-state index in [1.165, 1.54) is 0 Å². The first-order chi connectivity index (χ1) is 16.6. The topological polar surface area (TPSA) is 105 Å². The van der Waals surface area contributed by atoms with Crippen molar-refractivity contribution in [3.05, 3.63) is 59.7 Å². The summed E-state index contributed by atoms with van der Waals surface area (Å²) >= 11 is 0. The van der Waals surface area contributed by atoms with Gasteiger partial charge in [-0.1, -0.05) is 62.4 Å². The molecule has 2 aliphatic carbocycles. The van der Waals surface area contributed by atoms with Gasteiger partial charge in [-0.2, -0.15) is 0 Å². The summed E-state index contributed by atoms with van der Waals surface area (Å²) in [5, 5.41) is 13.8. The third-order valence-electron chi connectivity index (χ3n) is 6.91. The Balaban J connectivity index is 1.29. The van der Waals surface area contributed by atoms with E-state index in [4.69, 9.17) is 4.74 Å². The lowest BCUT2D eigenvalue weighted by atomic mass is 9.96. The third kappa shape index (κ3) is 4.85. The summed E-state index contributed by atoms with van der Waals surface area (Å²) in [6.07, 6.45) is -0.834. The maximum Gasteiger partial charge on any atom is 0.407 e. The maximum atomic E-state index is 14.2.